The number of nitrogens with zero attached hydrogens (tertiary/aromatic N) is 3. The molecule has 2 aromatic carbocycles. The molecule has 1 aliphatic heterocycles. The third-order valence-corrected chi connectivity index (χ3v) is 5.81. The van der Waals surface area contributed by atoms with Gasteiger partial charge < -0.3 is 19.5 Å². The van der Waals surface area contributed by atoms with Crippen LogP contribution in [0.25, 0.3) is 0 Å². The fourth-order valence-electron chi connectivity index (χ4n) is 3.94. The molecule has 4 rings (SSSR count). The van der Waals surface area contributed by atoms with Crippen molar-refractivity contribution in [1.82, 2.24) is 14.7 Å². The van der Waals surface area contributed by atoms with E-state index in [0.29, 0.717) is 38.2 Å². The van der Waals surface area contributed by atoms with Gasteiger partial charge in [-0.25, -0.2) is 0 Å². The average Bonchev–Trinajstić information content (AvgIpc) is 3.22. The van der Waals surface area contributed by atoms with Crippen molar-refractivity contribution in [3.8, 4) is 11.5 Å². The van der Waals surface area contributed by atoms with Gasteiger partial charge in [0.15, 0.2) is 0 Å². The summed E-state index contributed by atoms with van der Waals surface area (Å²) in [6.07, 6.45) is 4.20. The molecular weight excluding hydrogens is 418 g/mol. The molecule has 0 spiro atoms. The van der Waals surface area contributed by atoms with Crippen LogP contribution in [0.1, 0.15) is 48.7 Å². The van der Waals surface area contributed by atoms with Crippen LogP contribution in [0.4, 0.5) is 0 Å². The fraction of sp³-hybridized carbons (Fsp3) is 0.385. The Labute approximate surface area is 194 Å². The molecule has 1 atom stereocenters. The lowest BCUT2D eigenvalue weighted by molar-refractivity contribution is 0.0419. The SMILES string of the molecule is CC(C)Oc1ccc(C(=O)N2CCOc3ccc(C(C)(O)CCn4cccn4)cc3C2)cc1. The molecule has 0 fully saturated rings. The number of aliphatic hydroxyl groups is 1. The number of aromatic nitrogens is 2. The van der Waals surface area contributed by atoms with Gasteiger partial charge in [0, 0.05) is 36.6 Å². The molecule has 0 saturated carbocycles. The van der Waals surface area contributed by atoms with Gasteiger partial charge in [0.05, 0.1) is 18.2 Å². The maximum absolute atomic E-state index is 13.2. The summed E-state index contributed by atoms with van der Waals surface area (Å²) >= 11 is 0. The van der Waals surface area contributed by atoms with Crippen LogP contribution < -0.4 is 9.47 Å². The second-order valence-corrected chi connectivity index (χ2v) is 8.88. The Morgan fingerprint density at radius 3 is 2.73 bits per heavy atom. The predicted molar refractivity (Wildman–Crippen MR) is 125 cm³/mol. The van der Waals surface area contributed by atoms with Gasteiger partial charge in [0.25, 0.3) is 5.91 Å². The first-order valence-electron chi connectivity index (χ1n) is 11.3. The molecule has 33 heavy (non-hydrogen) atoms. The van der Waals surface area contributed by atoms with Gasteiger partial charge in [0.2, 0.25) is 0 Å². The molecule has 1 aromatic heterocycles. The van der Waals surface area contributed by atoms with Crippen LogP contribution in [0.2, 0.25) is 0 Å². The van der Waals surface area contributed by atoms with Gasteiger partial charge >= 0.3 is 0 Å². The Kier molecular flexibility index (Phi) is 6.70. The van der Waals surface area contributed by atoms with Crippen molar-refractivity contribution in [2.24, 2.45) is 0 Å². The summed E-state index contributed by atoms with van der Waals surface area (Å²) in [4.78, 5) is 15.0. The summed E-state index contributed by atoms with van der Waals surface area (Å²) in [5.41, 5.74) is 1.25. The molecule has 0 bridgehead atoms. The molecule has 7 nitrogen and oxygen atoms in total. The molecule has 0 aliphatic carbocycles. The quantitative estimate of drug-likeness (QED) is 0.590. The Hall–Kier alpha value is -3.32. The second-order valence-electron chi connectivity index (χ2n) is 8.88. The van der Waals surface area contributed by atoms with E-state index in [4.69, 9.17) is 9.47 Å². The molecule has 1 aliphatic rings. The Morgan fingerprint density at radius 1 is 1.24 bits per heavy atom. The fourth-order valence-corrected chi connectivity index (χ4v) is 3.94. The van der Waals surface area contributed by atoms with Gasteiger partial charge in [-0.05, 0) is 75.2 Å². The topological polar surface area (TPSA) is 76.8 Å². The van der Waals surface area contributed by atoms with Crippen LogP contribution >= 0.6 is 0 Å². The third-order valence-electron chi connectivity index (χ3n) is 5.81. The number of carbonyl (C=O) groups excluding carboxylic acids is 1. The highest BCUT2D eigenvalue weighted by molar-refractivity contribution is 5.94. The predicted octanol–water partition coefficient (Wildman–Crippen LogP) is 4.00. The first kappa shape index (κ1) is 22.9. The van der Waals surface area contributed by atoms with Crippen molar-refractivity contribution >= 4 is 5.91 Å². The van der Waals surface area contributed by atoms with Crippen LogP contribution in [-0.2, 0) is 18.7 Å². The number of rotatable bonds is 7. The standard InChI is InChI=1S/C26H31N3O4/c1-19(2)33-23-8-5-20(6-9-23)25(30)28-15-16-32-24-10-7-22(17-21(24)18-28)26(3,31)11-14-29-13-4-12-27-29/h4-10,12-13,17,19,31H,11,14-16,18H2,1-3H3. The number of ether oxygens (including phenoxy) is 2. The van der Waals surface area contributed by atoms with E-state index >= 15 is 0 Å². The molecule has 0 saturated heterocycles. The highest BCUT2D eigenvalue weighted by atomic mass is 16.5. The van der Waals surface area contributed by atoms with Crippen LogP contribution in [0.15, 0.2) is 60.9 Å². The van der Waals surface area contributed by atoms with Crippen LogP contribution in [-0.4, -0.2) is 44.9 Å². The van der Waals surface area contributed by atoms with Crippen LogP contribution in [0.5, 0.6) is 11.5 Å². The smallest absolute Gasteiger partial charge is 0.254 e. The zero-order valence-corrected chi connectivity index (χ0v) is 19.4. The van der Waals surface area contributed by atoms with Crippen molar-refractivity contribution in [1.29, 1.82) is 0 Å². The lowest BCUT2D eigenvalue weighted by Gasteiger charge is -2.25. The van der Waals surface area contributed by atoms with E-state index in [1.165, 1.54) is 0 Å². The molecule has 1 unspecified atom stereocenters. The Balaban J connectivity index is 1.49. The number of benzene rings is 2. The van der Waals surface area contributed by atoms with Gasteiger partial charge in [-0.3, -0.25) is 9.48 Å². The first-order valence-corrected chi connectivity index (χ1v) is 11.3. The Morgan fingerprint density at radius 2 is 2.03 bits per heavy atom. The normalized spacial score (nSPS) is 15.4. The van der Waals surface area contributed by atoms with E-state index < -0.39 is 5.60 Å². The third kappa shape index (κ3) is 5.54. The number of hydrogen-bond donors (Lipinski definition) is 1. The van der Waals surface area contributed by atoms with E-state index in [-0.39, 0.29) is 12.0 Å². The highest BCUT2D eigenvalue weighted by Gasteiger charge is 2.27. The molecule has 3 aromatic rings. The number of amides is 1. The maximum atomic E-state index is 13.2. The lowest BCUT2D eigenvalue weighted by Crippen LogP contribution is -2.32. The minimum absolute atomic E-state index is 0.0570. The average molecular weight is 450 g/mol. The molecule has 1 N–H and O–H groups in total. The largest absolute Gasteiger partial charge is 0.491 e. The van der Waals surface area contributed by atoms with E-state index in [0.717, 1.165) is 22.6 Å². The van der Waals surface area contributed by atoms with Crippen LogP contribution in [0.3, 0.4) is 0 Å². The van der Waals surface area contributed by atoms with Crippen molar-refractivity contribution in [3.05, 3.63) is 77.6 Å². The maximum Gasteiger partial charge on any atom is 0.254 e. The number of aryl methyl sites for hydroxylation is 1. The zero-order chi connectivity index (χ0) is 23.4. The first-order chi connectivity index (χ1) is 15.8. The minimum atomic E-state index is -1.03. The van der Waals surface area contributed by atoms with Crippen molar-refractivity contribution < 1.29 is 19.4 Å². The van der Waals surface area contributed by atoms with Crippen LogP contribution in [0, 0.1) is 0 Å². The van der Waals surface area contributed by atoms with Gasteiger partial charge in [-0.1, -0.05) is 6.07 Å². The molecule has 0 radical (unpaired) electrons. The van der Waals surface area contributed by atoms with E-state index in [1.807, 2.05) is 56.4 Å². The summed E-state index contributed by atoms with van der Waals surface area (Å²) in [6.45, 7) is 7.67. The van der Waals surface area contributed by atoms with Gasteiger partial charge in [-0.2, -0.15) is 5.10 Å². The number of hydrogen-bond acceptors (Lipinski definition) is 5. The summed E-state index contributed by atoms with van der Waals surface area (Å²) in [5.74, 6) is 1.43. The number of fused-ring (bicyclic) bond motifs is 1. The van der Waals surface area contributed by atoms with Crippen molar-refractivity contribution in [2.45, 2.75) is 52.0 Å². The van der Waals surface area contributed by atoms with Crippen molar-refractivity contribution in [3.63, 3.8) is 0 Å². The monoisotopic (exact) mass is 449 g/mol. The summed E-state index contributed by atoms with van der Waals surface area (Å²) < 4.78 is 13.4. The highest BCUT2D eigenvalue weighted by Crippen LogP contribution is 2.32. The Bertz CT molecular complexity index is 1080. The minimum Gasteiger partial charge on any atom is -0.491 e. The molecule has 174 valence electrons. The van der Waals surface area contributed by atoms with Gasteiger partial charge in [0.1, 0.15) is 18.1 Å². The second kappa shape index (κ2) is 9.67. The molecule has 7 heteroatoms. The molecule has 2 heterocycles. The van der Waals surface area contributed by atoms with E-state index in [2.05, 4.69) is 5.10 Å². The van der Waals surface area contributed by atoms with E-state index in [1.54, 1.807) is 34.8 Å². The van der Waals surface area contributed by atoms with E-state index in [9.17, 15) is 9.90 Å². The molecule has 1 amide bonds. The summed E-state index contributed by atoms with van der Waals surface area (Å²) in [6, 6.07) is 14.8. The van der Waals surface area contributed by atoms with Gasteiger partial charge in [-0.15, -0.1) is 0 Å². The molecular formula is C26H31N3O4. The zero-order valence-electron chi connectivity index (χ0n) is 19.4. The lowest BCUT2D eigenvalue weighted by atomic mass is 9.91. The summed E-state index contributed by atoms with van der Waals surface area (Å²) in [5, 5.41) is 15.3. The number of carbonyl (C=O) groups is 1. The summed E-state index contributed by atoms with van der Waals surface area (Å²) in [7, 11) is 0. The van der Waals surface area contributed by atoms with Crippen molar-refractivity contribution in [2.75, 3.05) is 13.2 Å².